The van der Waals surface area contributed by atoms with E-state index in [1.165, 1.54) is 32.4 Å². The van der Waals surface area contributed by atoms with Crippen LogP contribution in [0.4, 0.5) is 16.3 Å². The van der Waals surface area contributed by atoms with Gasteiger partial charge >= 0.3 is 6.03 Å². The molecule has 0 atom stereocenters. The number of rotatable bonds is 10. The summed E-state index contributed by atoms with van der Waals surface area (Å²) in [5.74, 6) is 3.00. The number of halogens is 1. The molecule has 2 aliphatic rings. The molecule has 0 unspecified atom stereocenters. The van der Waals surface area contributed by atoms with Gasteiger partial charge in [-0.05, 0) is 76.5 Å². The molecule has 2 amide bonds. The molecule has 2 fully saturated rings. The van der Waals surface area contributed by atoms with E-state index in [4.69, 9.17) is 14.2 Å². The number of likely N-dealkylation sites (tertiary alicyclic amines) is 1. The highest BCUT2D eigenvalue weighted by molar-refractivity contribution is 5.92. The number of hydrogen-bond donors (Lipinski definition) is 1. The molecule has 0 aliphatic carbocycles. The van der Waals surface area contributed by atoms with Crippen LogP contribution in [-0.2, 0) is 0 Å². The number of carbonyl (C=O) groups is 1. The summed E-state index contributed by atoms with van der Waals surface area (Å²) in [4.78, 5) is 28.6. The number of amides is 2. The SMILES string of the molecule is COc1cc2c(N3CCN(C(=O)Nc4ccc(OC(C)C)cc4)CC3)ncnc2cc1OCCCN1CCCCC1.Cl. The molecule has 5 rings (SSSR count). The summed E-state index contributed by atoms with van der Waals surface area (Å²) in [6.07, 6.45) is 6.62. The number of piperidine rings is 1. The lowest BCUT2D eigenvalue weighted by Gasteiger charge is -2.35. The van der Waals surface area contributed by atoms with Crippen molar-refractivity contribution in [2.24, 2.45) is 0 Å². The number of carbonyl (C=O) groups excluding carboxylic acids is 1. The van der Waals surface area contributed by atoms with Gasteiger partial charge in [0.25, 0.3) is 0 Å². The standard InChI is InChI=1S/C31H42N6O4.ClH/c1-23(2)41-25-10-8-24(9-11-25)34-31(38)37-17-15-36(16-18-37)30-26-20-28(39-3)29(21-27(26)32-22-33-30)40-19-7-14-35-12-5-4-6-13-35;/h8-11,20-23H,4-7,12-19H2,1-3H3,(H,34,38);1H. The summed E-state index contributed by atoms with van der Waals surface area (Å²) in [5, 5.41) is 3.90. The Balaban J connectivity index is 0.00000405. The van der Waals surface area contributed by atoms with Crippen LogP contribution in [0.2, 0.25) is 0 Å². The largest absolute Gasteiger partial charge is 0.493 e. The van der Waals surface area contributed by atoms with Crippen molar-refractivity contribution in [1.29, 1.82) is 0 Å². The first-order valence-corrected chi connectivity index (χ1v) is 14.8. The van der Waals surface area contributed by atoms with Gasteiger partial charge < -0.3 is 34.2 Å². The molecule has 2 saturated heterocycles. The maximum Gasteiger partial charge on any atom is 0.321 e. The molecule has 1 N–H and O–H groups in total. The van der Waals surface area contributed by atoms with E-state index in [1.54, 1.807) is 13.4 Å². The van der Waals surface area contributed by atoms with E-state index < -0.39 is 0 Å². The average molecular weight is 599 g/mol. The van der Waals surface area contributed by atoms with Gasteiger partial charge in [-0.25, -0.2) is 14.8 Å². The molecule has 0 radical (unpaired) electrons. The predicted octanol–water partition coefficient (Wildman–Crippen LogP) is 5.46. The van der Waals surface area contributed by atoms with Gasteiger partial charge in [-0.2, -0.15) is 0 Å². The summed E-state index contributed by atoms with van der Waals surface area (Å²) in [5.41, 5.74) is 1.55. The number of aromatic nitrogens is 2. The van der Waals surface area contributed by atoms with Gasteiger partial charge in [-0.3, -0.25) is 0 Å². The number of urea groups is 1. The summed E-state index contributed by atoms with van der Waals surface area (Å²) in [6.45, 7) is 10.6. The van der Waals surface area contributed by atoms with Crippen molar-refractivity contribution in [2.45, 2.75) is 45.6 Å². The van der Waals surface area contributed by atoms with Crippen LogP contribution in [-0.4, -0.2) is 91.4 Å². The van der Waals surface area contributed by atoms with Gasteiger partial charge in [0.1, 0.15) is 17.9 Å². The van der Waals surface area contributed by atoms with Crippen molar-refractivity contribution in [1.82, 2.24) is 19.8 Å². The normalized spacial score (nSPS) is 15.8. The van der Waals surface area contributed by atoms with Crippen molar-refractivity contribution in [3.05, 3.63) is 42.7 Å². The lowest BCUT2D eigenvalue weighted by Crippen LogP contribution is -2.50. The van der Waals surface area contributed by atoms with Gasteiger partial charge in [0.2, 0.25) is 0 Å². The minimum absolute atomic E-state index is 0. The maximum absolute atomic E-state index is 12.9. The zero-order valence-electron chi connectivity index (χ0n) is 24.9. The van der Waals surface area contributed by atoms with Crippen LogP contribution in [0.5, 0.6) is 17.2 Å². The monoisotopic (exact) mass is 598 g/mol. The van der Waals surface area contributed by atoms with Gasteiger partial charge in [0, 0.05) is 49.9 Å². The van der Waals surface area contributed by atoms with Crippen LogP contribution in [0.1, 0.15) is 39.5 Å². The van der Waals surface area contributed by atoms with Crippen molar-refractivity contribution in [3.8, 4) is 17.2 Å². The van der Waals surface area contributed by atoms with E-state index in [0.29, 0.717) is 44.3 Å². The number of anilines is 2. The van der Waals surface area contributed by atoms with Gasteiger partial charge in [0.15, 0.2) is 11.5 Å². The Morgan fingerprint density at radius 2 is 1.69 bits per heavy atom. The third kappa shape index (κ3) is 8.07. The Hall–Kier alpha value is -3.50. The third-order valence-corrected chi connectivity index (χ3v) is 7.57. The van der Waals surface area contributed by atoms with E-state index >= 15 is 0 Å². The summed E-state index contributed by atoms with van der Waals surface area (Å²) in [6, 6.07) is 11.3. The molecule has 2 aliphatic heterocycles. The zero-order valence-corrected chi connectivity index (χ0v) is 25.7. The minimum Gasteiger partial charge on any atom is -0.493 e. The Labute approximate surface area is 254 Å². The lowest BCUT2D eigenvalue weighted by molar-refractivity contribution is 0.203. The highest BCUT2D eigenvalue weighted by Gasteiger charge is 2.24. The van der Waals surface area contributed by atoms with E-state index in [1.807, 2.05) is 55.1 Å². The molecule has 3 aromatic rings. The molecule has 42 heavy (non-hydrogen) atoms. The first-order chi connectivity index (χ1) is 20.0. The second kappa shape index (κ2) is 15.1. The number of nitrogens with one attached hydrogen (secondary N) is 1. The van der Waals surface area contributed by atoms with Crippen LogP contribution in [0.15, 0.2) is 42.7 Å². The summed E-state index contributed by atoms with van der Waals surface area (Å²) in [7, 11) is 1.66. The molecule has 10 nitrogen and oxygen atoms in total. The van der Waals surface area contributed by atoms with E-state index in [9.17, 15) is 4.79 Å². The van der Waals surface area contributed by atoms with Crippen LogP contribution in [0, 0.1) is 0 Å². The Morgan fingerprint density at radius 3 is 2.38 bits per heavy atom. The van der Waals surface area contributed by atoms with Crippen molar-refractivity contribution in [3.63, 3.8) is 0 Å². The second-order valence-electron chi connectivity index (χ2n) is 10.9. The Kier molecular flexibility index (Phi) is 11.3. The van der Waals surface area contributed by atoms with E-state index in [0.717, 1.165) is 41.1 Å². The van der Waals surface area contributed by atoms with Crippen molar-refractivity contribution < 1.29 is 19.0 Å². The molecule has 0 spiro atoms. The summed E-state index contributed by atoms with van der Waals surface area (Å²) >= 11 is 0. The first-order valence-electron chi connectivity index (χ1n) is 14.8. The number of piperazine rings is 1. The second-order valence-corrected chi connectivity index (χ2v) is 10.9. The molecule has 3 heterocycles. The quantitative estimate of drug-likeness (QED) is 0.308. The van der Waals surface area contributed by atoms with E-state index in [2.05, 4.69) is 25.1 Å². The van der Waals surface area contributed by atoms with Crippen LogP contribution in [0.3, 0.4) is 0 Å². The minimum atomic E-state index is -0.113. The fourth-order valence-corrected chi connectivity index (χ4v) is 5.44. The van der Waals surface area contributed by atoms with E-state index in [-0.39, 0.29) is 24.5 Å². The number of fused-ring (bicyclic) bond motifs is 1. The average Bonchev–Trinajstić information content (AvgIpc) is 3.00. The van der Waals surface area contributed by atoms with Crippen LogP contribution >= 0.6 is 12.4 Å². The predicted molar refractivity (Wildman–Crippen MR) is 169 cm³/mol. The zero-order chi connectivity index (χ0) is 28.6. The highest BCUT2D eigenvalue weighted by atomic mass is 35.5. The molecule has 1 aromatic heterocycles. The number of hydrogen-bond acceptors (Lipinski definition) is 8. The fourth-order valence-electron chi connectivity index (χ4n) is 5.44. The lowest BCUT2D eigenvalue weighted by atomic mass is 10.1. The molecular formula is C31H43ClN6O4. The number of nitrogens with zero attached hydrogens (tertiary/aromatic N) is 5. The maximum atomic E-state index is 12.9. The Morgan fingerprint density at radius 1 is 0.952 bits per heavy atom. The molecule has 0 saturated carbocycles. The van der Waals surface area contributed by atoms with Crippen molar-refractivity contribution in [2.75, 3.05) is 69.7 Å². The third-order valence-electron chi connectivity index (χ3n) is 7.57. The summed E-state index contributed by atoms with van der Waals surface area (Å²) < 4.78 is 17.5. The fraction of sp³-hybridized carbons (Fsp3) is 0.516. The topological polar surface area (TPSA) is 92.3 Å². The van der Waals surface area contributed by atoms with Crippen molar-refractivity contribution >= 4 is 40.8 Å². The van der Waals surface area contributed by atoms with Crippen LogP contribution < -0.4 is 24.4 Å². The number of benzene rings is 2. The van der Waals surface area contributed by atoms with Gasteiger partial charge in [0.05, 0.1) is 25.3 Å². The smallest absolute Gasteiger partial charge is 0.321 e. The first kappa shape index (κ1) is 31.4. The molecule has 2 aromatic carbocycles. The van der Waals surface area contributed by atoms with Gasteiger partial charge in [-0.15, -0.1) is 12.4 Å². The molecule has 11 heteroatoms. The highest BCUT2D eigenvalue weighted by Crippen LogP contribution is 2.35. The Bertz CT molecular complexity index is 1290. The van der Waals surface area contributed by atoms with Gasteiger partial charge in [-0.1, -0.05) is 6.42 Å². The number of ether oxygens (including phenoxy) is 3. The molecule has 228 valence electrons. The van der Waals surface area contributed by atoms with Crippen LogP contribution in [0.25, 0.3) is 10.9 Å². The molecule has 0 bridgehead atoms. The molecular weight excluding hydrogens is 556 g/mol. The number of methoxy groups -OCH3 is 1.